The van der Waals surface area contributed by atoms with E-state index in [1.165, 1.54) is 0 Å². The van der Waals surface area contributed by atoms with Crippen LogP contribution in [-0.4, -0.2) is 158 Å². The van der Waals surface area contributed by atoms with E-state index in [2.05, 4.69) is 4.74 Å². The molecule has 0 atom stereocenters. The Balaban J connectivity index is 1.74. The second-order valence-electron chi connectivity index (χ2n) is 9.65. The van der Waals surface area contributed by atoms with Crippen molar-refractivity contribution in [3.05, 3.63) is 29.1 Å². The van der Waals surface area contributed by atoms with Gasteiger partial charge < -0.3 is 62.6 Å². The summed E-state index contributed by atoms with van der Waals surface area (Å²) in [6, 6.07) is 0. The Morgan fingerprint density at radius 1 is 0.360 bits per heavy atom. The third-order valence-electron chi connectivity index (χ3n) is 5.82. The number of esters is 1. The maximum absolute atomic E-state index is 13.5. The van der Waals surface area contributed by atoms with E-state index in [0.717, 1.165) is 0 Å². The SMILES string of the molecule is NCCOCCOCCOCCOCCOCCOCCOCCOCCOCCOCCOCCC(=O)Oc1c(F)c(F)c(F)c(F)c1F. The molecule has 292 valence electrons. The van der Waals surface area contributed by atoms with Crippen molar-refractivity contribution in [2.75, 3.05) is 152 Å². The van der Waals surface area contributed by atoms with Gasteiger partial charge in [-0.3, -0.25) is 4.79 Å². The molecule has 0 amide bonds. The quantitative estimate of drug-likeness (QED) is 0.0266. The maximum Gasteiger partial charge on any atom is 0.313 e. The number of halogens is 5. The molecule has 0 bridgehead atoms. The second kappa shape index (κ2) is 32.7. The summed E-state index contributed by atoms with van der Waals surface area (Å²) in [4.78, 5) is 11.6. The first-order valence-electron chi connectivity index (χ1n) is 16.2. The van der Waals surface area contributed by atoms with E-state index in [4.69, 9.17) is 57.8 Å². The predicted molar refractivity (Wildman–Crippen MR) is 165 cm³/mol. The average molecular weight is 740 g/mol. The monoisotopic (exact) mass is 739 g/mol. The Hall–Kier alpha value is -2.14. The number of carbonyl (C=O) groups excluding carboxylic acids is 1. The molecule has 0 aliphatic rings. The normalized spacial score (nSPS) is 11.5. The highest BCUT2D eigenvalue weighted by atomic mass is 19.2. The summed E-state index contributed by atoms with van der Waals surface area (Å²) in [6.07, 6.45) is -0.488. The molecule has 0 spiro atoms. The molecule has 1 aromatic carbocycles. The van der Waals surface area contributed by atoms with Crippen LogP contribution in [0.2, 0.25) is 0 Å². The number of benzene rings is 1. The van der Waals surface area contributed by atoms with Crippen LogP contribution < -0.4 is 10.5 Å². The molecule has 0 fully saturated rings. The zero-order valence-electron chi connectivity index (χ0n) is 28.2. The first-order chi connectivity index (χ1) is 24.4. The number of carbonyl (C=O) groups is 1. The van der Waals surface area contributed by atoms with Crippen LogP contribution in [0.15, 0.2) is 0 Å². The predicted octanol–water partition coefficient (Wildman–Crippen LogP) is 1.82. The average Bonchev–Trinajstić information content (AvgIpc) is 3.11. The highest BCUT2D eigenvalue weighted by Crippen LogP contribution is 2.29. The van der Waals surface area contributed by atoms with Gasteiger partial charge in [-0.25, -0.2) is 13.2 Å². The molecule has 0 aliphatic carbocycles. The van der Waals surface area contributed by atoms with Gasteiger partial charge in [0, 0.05) is 6.54 Å². The minimum Gasteiger partial charge on any atom is -0.420 e. The molecule has 19 heteroatoms. The molecular formula is C31H50F5NO13. The summed E-state index contributed by atoms with van der Waals surface area (Å²) in [5, 5.41) is 0. The van der Waals surface area contributed by atoms with E-state index >= 15 is 0 Å². The van der Waals surface area contributed by atoms with Crippen LogP contribution in [0.5, 0.6) is 5.75 Å². The second-order valence-corrected chi connectivity index (χ2v) is 9.65. The summed E-state index contributed by atoms with van der Waals surface area (Å²) < 4.78 is 129. The minimum absolute atomic E-state index is 0.0797. The van der Waals surface area contributed by atoms with Crippen molar-refractivity contribution in [1.82, 2.24) is 0 Å². The third-order valence-corrected chi connectivity index (χ3v) is 5.82. The molecular weight excluding hydrogens is 689 g/mol. The fourth-order valence-corrected chi connectivity index (χ4v) is 3.38. The molecule has 0 aliphatic heterocycles. The van der Waals surface area contributed by atoms with E-state index in [-0.39, 0.29) is 26.4 Å². The lowest BCUT2D eigenvalue weighted by atomic mass is 10.2. The highest BCUT2D eigenvalue weighted by molar-refractivity contribution is 5.72. The molecule has 1 aromatic rings. The smallest absolute Gasteiger partial charge is 0.313 e. The number of rotatable bonds is 36. The summed E-state index contributed by atoms with van der Waals surface area (Å²) in [5.41, 5.74) is 5.32. The van der Waals surface area contributed by atoms with Gasteiger partial charge in [0.05, 0.1) is 152 Å². The molecule has 0 unspecified atom stereocenters. The number of hydrogen-bond acceptors (Lipinski definition) is 14. The van der Waals surface area contributed by atoms with E-state index in [9.17, 15) is 26.7 Å². The Kier molecular flexibility index (Phi) is 30.0. The zero-order chi connectivity index (χ0) is 36.5. The van der Waals surface area contributed by atoms with Crippen LogP contribution >= 0.6 is 0 Å². The van der Waals surface area contributed by atoms with Gasteiger partial charge in [0.15, 0.2) is 0 Å². The molecule has 0 heterocycles. The molecule has 0 saturated carbocycles. The van der Waals surface area contributed by atoms with Crippen molar-refractivity contribution < 1.29 is 83.6 Å². The first kappa shape index (κ1) is 45.9. The molecule has 0 saturated heterocycles. The van der Waals surface area contributed by atoms with Gasteiger partial charge in [0.1, 0.15) is 0 Å². The van der Waals surface area contributed by atoms with E-state index in [0.29, 0.717) is 125 Å². The van der Waals surface area contributed by atoms with Crippen LogP contribution in [0.3, 0.4) is 0 Å². The van der Waals surface area contributed by atoms with Crippen LogP contribution in [0.1, 0.15) is 6.42 Å². The van der Waals surface area contributed by atoms with Gasteiger partial charge >= 0.3 is 5.97 Å². The Morgan fingerprint density at radius 3 is 0.840 bits per heavy atom. The molecule has 1 rings (SSSR count). The van der Waals surface area contributed by atoms with Crippen molar-refractivity contribution >= 4 is 5.97 Å². The maximum atomic E-state index is 13.5. The zero-order valence-corrected chi connectivity index (χ0v) is 28.2. The topological polar surface area (TPSA) is 154 Å². The van der Waals surface area contributed by atoms with Crippen LogP contribution in [-0.2, 0) is 56.9 Å². The van der Waals surface area contributed by atoms with Crippen molar-refractivity contribution in [1.29, 1.82) is 0 Å². The molecule has 2 N–H and O–H groups in total. The van der Waals surface area contributed by atoms with Crippen molar-refractivity contribution in [2.24, 2.45) is 5.73 Å². The molecule has 50 heavy (non-hydrogen) atoms. The van der Waals surface area contributed by atoms with Gasteiger partial charge in [-0.05, 0) is 0 Å². The number of ether oxygens (including phenoxy) is 12. The Labute approximate surface area is 288 Å². The highest BCUT2D eigenvalue weighted by Gasteiger charge is 2.28. The fourth-order valence-electron chi connectivity index (χ4n) is 3.38. The summed E-state index contributed by atoms with van der Waals surface area (Å²) >= 11 is 0. The molecule has 0 radical (unpaired) electrons. The third kappa shape index (κ3) is 24.1. The first-order valence-corrected chi connectivity index (χ1v) is 16.2. The van der Waals surface area contributed by atoms with E-state index < -0.39 is 47.2 Å². The van der Waals surface area contributed by atoms with Crippen molar-refractivity contribution in [3.63, 3.8) is 0 Å². The Bertz CT molecular complexity index is 958. The lowest BCUT2D eigenvalue weighted by Gasteiger charge is -2.09. The van der Waals surface area contributed by atoms with Crippen LogP contribution in [0.4, 0.5) is 22.0 Å². The lowest BCUT2D eigenvalue weighted by Crippen LogP contribution is -2.16. The minimum atomic E-state index is -2.35. The van der Waals surface area contributed by atoms with Gasteiger partial charge in [0.2, 0.25) is 34.8 Å². The van der Waals surface area contributed by atoms with Gasteiger partial charge in [0.25, 0.3) is 0 Å². The fraction of sp³-hybridized carbons (Fsp3) is 0.774. The standard InChI is InChI=1S/C31H50F5NO13/c32-26-27(33)29(35)31(30(36)28(26)34)50-25(38)1-3-39-5-7-41-9-11-43-13-15-45-17-19-47-21-23-49-24-22-48-20-18-46-16-14-44-12-10-42-8-6-40-4-2-37/h1-24,37H2. The molecule has 14 nitrogen and oxygen atoms in total. The van der Waals surface area contributed by atoms with Gasteiger partial charge in [-0.1, -0.05) is 0 Å². The van der Waals surface area contributed by atoms with Gasteiger partial charge in [-0.15, -0.1) is 0 Å². The summed E-state index contributed by atoms with van der Waals surface area (Å²) in [5.74, 6) is -14.1. The largest absolute Gasteiger partial charge is 0.420 e. The number of nitrogens with two attached hydrogens (primary N) is 1. The van der Waals surface area contributed by atoms with Crippen LogP contribution in [0.25, 0.3) is 0 Å². The number of hydrogen-bond donors (Lipinski definition) is 1. The van der Waals surface area contributed by atoms with Crippen molar-refractivity contribution in [2.45, 2.75) is 6.42 Å². The van der Waals surface area contributed by atoms with Crippen LogP contribution in [0, 0.1) is 29.1 Å². The Morgan fingerprint density at radius 2 is 0.580 bits per heavy atom. The van der Waals surface area contributed by atoms with Gasteiger partial charge in [-0.2, -0.15) is 8.78 Å². The summed E-state index contributed by atoms with van der Waals surface area (Å²) in [6.45, 7) is 8.90. The van der Waals surface area contributed by atoms with E-state index in [1.54, 1.807) is 0 Å². The van der Waals surface area contributed by atoms with Crippen molar-refractivity contribution in [3.8, 4) is 5.75 Å². The van der Waals surface area contributed by atoms with E-state index in [1.807, 2.05) is 0 Å². The molecule has 0 aromatic heterocycles. The lowest BCUT2D eigenvalue weighted by molar-refractivity contribution is -0.136. The summed E-state index contributed by atoms with van der Waals surface area (Å²) in [7, 11) is 0.